The van der Waals surface area contributed by atoms with Crippen molar-refractivity contribution in [3.63, 3.8) is 0 Å². The lowest BCUT2D eigenvalue weighted by Gasteiger charge is -2.21. The number of hydrogen-bond donors (Lipinski definition) is 1. The molecule has 1 amide bonds. The highest BCUT2D eigenvalue weighted by Crippen LogP contribution is 2.28. The molecular weight excluding hydrogens is 370 g/mol. The van der Waals surface area contributed by atoms with Gasteiger partial charge in [0.25, 0.3) is 0 Å². The summed E-state index contributed by atoms with van der Waals surface area (Å²) in [5.41, 5.74) is 1.16. The first-order chi connectivity index (χ1) is 13.7. The maximum atomic E-state index is 13.3. The predicted molar refractivity (Wildman–Crippen MR) is 112 cm³/mol. The summed E-state index contributed by atoms with van der Waals surface area (Å²) in [5, 5.41) is 2.70. The molecule has 0 spiro atoms. The van der Waals surface area contributed by atoms with Crippen molar-refractivity contribution in [3.05, 3.63) is 64.7 Å². The van der Waals surface area contributed by atoms with Crippen LogP contribution in [0.15, 0.2) is 42.5 Å². The van der Waals surface area contributed by atoms with Gasteiger partial charge in [0.2, 0.25) is 0 Å². The number of esters is 1. The van der Waals surface area contributed by atoms with E-state index < -0.39 is 17.7 Å². The summed E-state index contributed by atoms with van der Waals surface area (Å²) < 4.78 is 10.5. The van der Waals surface area contributed by atoms with E-state index in [4.69, 9.17) is 9.47 Å². The monoisotopic (exact) mass is 397 g/mol. The molecule has 0 atom stereocenters. The molecule has 0 aliphatic rings. The largest absolute Gasteiger partial charge is 0.462 e. The molecule has 0 aliphatic heterocycles. The predicted octanol–water partition coefficient (Wildman–Crippen LogP) is 5.00. The minimum Gasteiger partial charge on any atom is -0.462 e. The molecule has 2 rings (SSSR count). The Kier molecular flexibility index (Phi) is 7.15. The van der Waals surface area contributed by atoms with Crippen molar-refractivity contribution in [2.45, 2.75) is 46.6 Å². The Balaban J connectivity index is 2.57. The third-order valence-electron chi connectivity index (χ3n) is 4.06. The van der Waals surface area contributed by atoms with Crippen LogP contribution >= 0.6 is 0 Å². The molecule has 6 nitrogen and oxygen atoms in total. The van der Waals surface area contributed by atoms with Crippen LogP contribution in [0.4, 0.5) is 10.5 Å². The van der Waals surface area contributed by atoms with Gasteiger partial charge in [-0.25, -0.2) is 9.59 Å². The van der Waals surface area contributed by atoms with E-state index in [1.165, 1.54) is 6.07 Å². The SMILES string of the molecule is CCOC(=O)c1ccc(NC(=O)OC(C)(C)C)c(CC)c1C(=O)c1ccccc1. The Morgan fingerprint density at radius 2 is 1.62 bits per heavy atom. The molecular formula is C23H27NO5. The van der Waals surface area contributed by atoms with Gasteiger partial charge >= 0.3 is 12.1 Å². The fourth-order valence-corrected chi connectivity index (χ4v) is 2.92. The summed E-state index contributed by atoms with van der Waals surface area (Å²) in [7, 11) is 0. The van der Waals surface area contributed by atoms with Crippen molar-refractivity contribution in [3.8, 4) is 0 Å². The van der Waals surface area contributed by atoms with E-state index in [1.54, 1.807) is 58.0 Å². The zero-order valence-corrected chi connectivity index (χ0v) is 17.5. The number of amides is 1. The van der Waals surface area contributed by atoms with Crippen LogP contribution in [0.25, 0.3) is 0 Å². The van der Waals surface area contributed by atoms with Gasteiger partial charge in [0.05, 0.1) is 12.2 Å². The number of rotatable bonds is 6. The number of nitrogens with one attached hydrogen (secondary N) is 1. The molecule has 0 radical (unpaired) electrons. The van der Waals surface area contributed by atoms with E-state index in [9.17, 15) is 14.4 Å². The number of ketones is 1. The molecule has 0 unspecified atom stereocenters. The zero-order valence-electron chi connectivity index (χ0n) is 17.5. The molecule has 2 aromatic rings. The van der Waals surface area contributed by atoms with Crippen LogP contribution in [-0.4, -0.2) is 30.1 Å². The van der Waals surface area contributed by atoms with Gasteiger partial charge in [-0.05, 0) is 51.8 Å². The number of benzene rings is 2. The molecule has 0 aliphatic carbocycles. The van der Waals surface area contributed by atoms with Gasteiger partial charge in [-0.1, -0.05) is 37.3 Å². The summed E-state index contributed by atoms with van der Waals surface area (Å²) in [6.45, 7) is 9.05. The van der Waals surface area contributed by atoms with Crippen molar-refractivity contribution in [1.82, 2.24) is 0 Å². The van der Waals surface area contributed by atoms with Crippen LogP contribution in [0.1, 0.15) is 66.5 Å². The van der Waals surface area contributed by atoms with Crippen LogP contribution < -0.4 is 5.32 Å². The van der Waals surface area contributed by atoms with Crippen molar-refractivity contribution >= 4 is 23.5 Å². The highest BCUT2D eigenvalue weighted by Gasteiger charge is 2.26. The van der Waals surface area contributed by atoms with Gasteiger partial charge < -0.3 is 9.47 Å². The van der Waals surface area contributed by atoms with Crippen molar-refractivity contribution in [2.24, 2.45) is 0 Å². The van der Waals surface area contributed by atoms with E-state index >= 15 is 0 Å². The van der Waals surface area contributed by atoms with E-state index in [2.05, 4.69) is 5.32 Å². The van der Waals surface area contributed by atoms with Crippen molar-refractivity contribution in [2.75, 3.05) is 11.9 Å². The molecule has 0 heterocycles. The molecule has 0 saturated heterocycles. The third-order valence-corrected chi connectivity index (χ3v) is 4.06. The number of anilines is 1. The Hall–Kier alpha value is -3.15. The Bertz CT molecular complexity index is 897. The van der Waals surface area contributed by atoms with E-state index in [0.29, 0.717) is 23.2 Å². The normalized spacial score (nSPS) is 10.9. The number of carbonyl (C=O) groups is 3. The summed E-state index contributed by atoms with van der Waals surface area (Å²) in [4.78, 5) is 38.0. The minimum atomic E-state index is -0.663. The topological polar surface area (TPSA) is 81.7 Å². The molecule has 6 heteroatoms. The summed E-state index contributed by atoms with van der Waals surface area (Å²) in [6, 6.07) is 11.8. The molecule has 0 bridgehead atoms. The van der Waals surface area contributed by atoms with Gasteiger partial charge in [-0.15, -0.1) is 0 Å². The van der Waals surface area contributed by atoms with Crippen molar-refractivity contribution < 1.29 is 23.9 Å². The standard InChI is InChI=1S/C23H27NO5/c1-6-16-18(24-22(27)29-23(3,4)5)14-13-17(21(26)28-7-2)19(16)20(25)15-11-9-8-10-12-15/h8-14H,6-7H2,1-5H3,(H,24,27). The van der Waals surface area contributed by atoms with Crippen molar-refractivity contribution in [1.29, 1.82) is 0 Å². The first-order valence-electron chi connectivity index (χ1n) is 9.60. The summed E-state index contributed by atoms with van der Waals surface area (Å²) >= 11 is 0. The van der Waals surface area contributed by atoms with Gasteiger partial charge in [-0.2, -0.15) is 0 Å². The molecule has 0 saturated carbocycles. The number of ether oxygens (including phenoxy) is 2. The second kappa shape index (κ2) is 9.37. The van der Waals surface area contributed by atoms with Crippen LogP contribution in [0.5, 0.6) is 0 Å². The third kappa shape index (κ3) is 5.67. The minimum absolute atomic E-state index is 0.173. The van der Waals surface area contributed by atoms with E-state index in [1.807, 2.05) is 13.0 Å². The first-order valence-corrected chi connectivity index (χ1v) is 9.60. The average Bonchev–Trinajstić information content (AvgIpc) is 2.66. The molecule has 1 N–H and O–H groups in total. The molecule has 0 aromatic heterocycles. The molecule has 29 heavy (non-hydrogen) atoms. The van der Waals surface area contributed by atoms with Crippen LogP contribution in [0.3, 0.4) is 0 Å². The highest BCUT2D eigenvalue weighted by atomic mass is 16.6. The number of hydrogen-bond acceptors (Lipinski definition) is 5. The van der Waals surface area contributed by atoms with Crippen LogP contribution in [-0.2, 0) is 15.9 Å². The van der Waals surface area contributed by atoms with Gasteiger partial charge in [-0.3, -0.25) is 10.1 Å². The van der Waals surface area contributed by atoms with Gasteiger partial charge in [0.15, 0.2) is 5.78 Å². The fraction of sp³-hybridized carbons (Fsp3) is 0.348. The number of carbonyl (C=O) groups excluding carboxylic acids is 3. The zero-order chi connectivity index (χ0) is 21.6. The summed E-state index contributed by atoms with van der Waals surface area (Å²) in [6.07, 6.45) is -0.207. The maximum Gasteiger partial charge on any atom is 0.412 e. The molecule has 0 fully saturated rings. The molecule has 154 valence electrons. The smallest absolute Gasteiger partial charge is 0.412 e. The Morgan fingerprint density at radius 1 is 0.966 bits per heavy atom. The Morgan fingerprint density at radius 3 is 2.17 bits per heavy atom. The maximum absolute atomic E-state index is 13.3. The second-order valence-corrected chi connectivity index (χ2v) is 7.41. The summed E-state index contributed by atoms with van der Waals surface area (Å²) in [5.74, 6) is -0.886. The van der Waals surface area contributed by atoms with Gasteiger partial charge in [0, 0.05) is 16.8 Å². The Labute approximate surface area is 171 Å². The quantitative estimate of drug-likeness (QED) is 0.548. The van der Waals surface area contributed by atoms with Crippen LogP contribution in [0, 0.1) is 0 Å². The first kappa shape index (κ1) is 22.1. The fourth-order valence-electron chi connectivity index (χ4n) is 2.92. The van der Waals surface area contributed by atoms with Crippen LogP contribution in [0.2, 0.25) is 0 Å². The van der Waals surface area contributed by atoms with E-state index in [-0.39, 0.29) is 23.5 Å². The lowest BCUT2D eigenvalue weighted by atomic mass is 9.91. The molecule has 2 aromatic carbocycles. The highest BCUT2D eigenvalue weighted by molar-refractivity contribution is 6.16. The lowest BCUT2D eigenvalue weighted by molar-refractivity contribution is 0.0523. The average molecular weight is 397 g/mol. The van der Waals surface area contributed by atoms with E-state index in [0.717, 1.165) is 0 Å². The van der Waals surface area contributed by atoms with Gasteiger partial charge in [0.1, 0.15) is 5.60 Å². The second-order valence-electron chi connectivity index (χ2n) is 7.41. The lowest BCUT2D eigenvalue weighted by Crippen LogP contribution is -2.28.